The van der Waals surface area contributed by atoms with Gasteiger partial charge in [0.25, 0.3) is 0 Å². The summed E-state index contributed by atoms with van der Waals surface area (Å²) in [5.41, 5.74) is 0. The highest BCUT2D eigenvalue weighted by Crippen LogP contribution is 1.88. The summed E-state index contributed by atoms with van der Waals surface area (Å²) in [6.45, 7) is 1.17. The molecule has 0 aromatic rings. The summed E-state index contributed by atoms with van der Waals surface area (Å²) in [6.07, 6.45) is 4.01. The highest BCUT2D eigenvalue weighted by atomic mass is 14.8. The molecular formula is C5H14BN. The zero-order chi connectivity index (χ0) is 5.54. The molecule has 0 radical (unpaired) electrons. The van der Waals surface area contributed by atoms with Gasteiger partial charge in [0, 0.05) is 0 Å². The maximum absolute atomic E-state index is 3.10. The predicted octanol–water partition coefficient (Wildman–Crippen LogP) is 0.0374. The van der Waals surface area contributed by atoms with Crippen molar-refractivity contribution >= 4 is 7.85 Å². The molecule has 0 bridgehead atoms. The summed E-state index contributed by atoms with van der Waals surface area (Å²) in [6, 6.07) is 0. The van der Waals surface area contributed by atoms with E-state index in [0.717, 1.165) is 0 Å². The molecule has 0 rings (SSSR count). The van der Waals surface area contributed by atoms with E-state index in [1.54, 1.807) is 0 Å². The minimum atomic E-state index is 1.17. The van der Waals surface area contributed by atoms with E-state index < -0.39 is 0 Å². The van der Waals surface area contributed by atoms with E-state index >= 15 is 0 Å². The van der Waals surface area contributed by atoms with Crippen LogP contribution in [0.1, 0.15) is 12.8 Å². The standard InChI is InChI=1S/C5H14BN/c1-7-5-3-2-4-6/h7H,2-6H2,1H3. The second-order valence-corrected chi connectivity index (χ2v) is 1.81. The van der Waals surface area contributed by atoms with Crippen LogP contribution < -0.4 is 5.32 Å². The van der Waals surface area contributed by atoms with Crippen LogP contribution in [-0.4, -0.2) is 21.4 Å². The second-order valence-electron chi connectivity index (χ2n) is 1.81. The third-order valence-electron chi connectivity index (χ3n) is 1.03. The van der Waals surface area contributed by atoms with Crippen molar-refractivity contribution in [2.45, 2.75) is 19.2 Å². The van der Waals surface area contributed by atoms with E-state index in [4.69, 9.17) is 0 Å². The Kier molecular flexibility index (Phi) is 6.05. The number of nitrogens with one attached hydrogen (secondary N) is 1. The van der Waals surface area contributed by atoms with Crippen molar-refractivity contribution in [2.24, 2.45) is 0 Å². The van der Waals surface area contributed by atoms with Crippen LogP contribution in [0.5, 0.6) is 0 Å². The lowest BCUT2D eigenvalue weighted by Crippen LogP contribution is -2.06. The Balaban J connectivity index is 2.45. The number of hydrogen-bond acceptors (Lipinski definition) is 1. The van der Waals surface area contributed by atoms with Gasteiger partial charge in [0.05, 0.1) is 0 Å². The molecule has 0 aliphatic carbocycles. The molecule has 7 heavy (non-hydrogen) atoms. The van der Waals surface area contributed by atoms with E-state index in [2.05, 4.69) is 13.2 Å². The molecular weight excluding hydrogens is 84.9 g/mol. The first-order valence-electron chi connectivity index (χ1n) is 3.06. The average Bonchev–Trinajstić information content (AvgIpc) is 1.69. The van der Waals surface area contributed by atoms with Crippen molar-refractivity contribution < 1.29 is 0 Å². The number of rotatable bonds is 4. The highest BCUT2D eigenvalue weighted by Gasteiger charge is 1.79. The van der Waals surface area contributed by atoms with Crippen LogP contribution in [-0.2, 0) is 0 Å². The largest absolute Gasteiger partial charge is 0.320 e. The van der Waals surface area contributed by atoms with Crippen molar-refractivity contribution in [3.8, 4) is 0 Å². The van der Waals surface area contributed by atoms with Crippen molar-refractivity contribution in [1.29, 1.82) is 0 Å². The van der Waals surface area contributed by atoms with E-state index in [1.807, 2.05) is 7.05 Å². The van der Waals surface area contributed by atoms with Crippen LogP contribution >= 0.6 is 0 Å². The van der Waals surface area contributed by atoms with E-state index in [0.29, 0.717) is 0 Å². The Bertz CT molecular complexity index is 27.3. The summed E-state index contributed by atoms with van der Waals surface area (Å²) in [5.74, 6) is 0. The monoisotopic (exact) mass is 99.1 g/mol. The molecule has 0 fully saturated rings. The van der Waals surface area contributed by atoms with Crippen molar-refractivity contribution in [3.05, 3.63) is 0 Å². The van der Waals surface area contributed by atoms with Gasteiger partial charge in [-0.3, -0.25) is 0 Å². The summed E-state index contributed by atoms with van der Waals surface area (Å²) < 4.78 is 0. The first kappa shape index (κ1) is 7.02. The minimum absolute atomic E-state index is 1.17. The van der Waals surface area contributed by atoms with Crippen LogP contribution in [0.4, 0.5) is 0 Å². The second kappa shape index (κ2) is 6.02. The van der Waals surface area contributed by atoms with Gasteiger partial charge in [-0.15, -0.1) is 0 Å². The van der Waals surface area contributed by atoms with E-state index in [9.17, 15) is 0 Å². The van der Waals surface area contributed by atoms with Gasteiger partial charge in [0.2, 0.25) is 0 Å². The lowest BCUT2D eigenvalue weighted by Gasteiger charge is -1.93. The number of hydrogen-bond donors (Lipinski definition) is 1. The summed E-state index contributed by atoms with van der Waals surface area (Å²) in [7, 11) is 4.21. The third kappa shape index (κ3) is 6.02. The van der Waals surface area contributed by atoms with Crippen LogP contribution in [0.25, 0.3) is 0 Å². The van der Waals surface area contributed by atoms with Gasteiger partial charge in [-0.05, 0) is 20.0 Å². The smallest absolute Gasteiger partial charge is 0.101 e. The molecule has 1 nitrogen and oxygen atoms in total. The van der Waals surface area contributed by atoms with Gasteiger partial charge in [-0.25, -0.2) is 0 Å². The molecule has 0 aromatic carbocycles. The average molecular weight is 99.0 g/mol. The molecule has 0 amide bonds. The Morgan fingerprint density at radius 3 is 2.57 bits per heavy atom. The quantitative estimate of drug-likeness (QED) is 0.387. The SMILES string of the molecule is BCCCCNC. The molecule has 0 atom stereocenters. The van der Waals surface area contributed by atoms with Crippen molar-refractivity contribution in [1.82, 2.24) is 5.32 Å². The first-order valence-corrected chi connectivity index (χ1v) is 3.06. The normalized spacial score (nSPS) is 9.29. The fourth-order valence-corrected chi connectivity index (χ4v) is 0.552. The van der Waals surface area contributed by atoms with Gasteiger partial charge >= 0.3 is 0 Å². The molecule has 2 heteroatoms. The maximum atomic E-state index is 3.10. The Morgan fingerprint density at radius 1 is 1.43 bits per heavy atom. The Hall–Kier alpha value is 0.0249. The third-order valence-corrected chi connectivity index (χ3v) is 1.03. The van der Waals surface area contributed by atoms with Gasteiger partial charge < -0.3 is 5.32 Å². The lowest BCUT2D eigenvalue weighted by molar-refractivity contribution is 0.710. The van der Waals surface area contributed by atoms with E-state index in [-0.39, 0.29) is 0 Å². The summed E-state index contributed by atoms with van der Waals surface area (Å²) in [5, 5.41) is 3.10. The van der Waals surface area contributed by atoms with E-state index in [1.165, 1.54) is 25.7 Å². The number of unbranched alkanes of at least 4 members (excludes halogenated alkanes) is 1. The molecule has 42 valence electrons. The molecule has 0 saturated carbocycles. The van der Waals surface area contributed by atoms with Crippen LogP contribution in [0.2, 0.25) is 6.32 Å². The van der Waals surface area contributed by atoms with Crippen LogP contribution in [0.15, 0.2) is 0 Å². The summed E-state index contributed by atoms with van der Waals surface area (Å²) >= 11 is 0. The summed E-state index contributed by atoms with van der Waals surface area (Å²) in [4.78, 5) is 0. The molecule has 0 saturated heterocycles. The molecule has 0 unspecified atom stereocenters. The van der Waals surface area contributed by atoms with Crippen molar-refractivity contribution in [3.63, 3.8) is 0 Å². The lowest BCUT2D eigenvalue weighted by atomic mass is 10.0. The Morgan fingerprint density at radius 2 is 2.14 bits per heavy atom. The van der Waals surface area contributed by atoms with Gasteiger partial charge in [0.15, 0.2) is 0 Å². The molecule has 0 heterocycles. The maximum Gasteiger partial charge on any atom is 0.101 e. The molecule has 0 aliphatic heterocycles. The van der Waals surface area contributed by atoms with Crippen LogP contribution in [0, 0.1) is 0 Å². The van der Waals surface area contributed by atoms with Gasteiger partial charge in [0.1, 0.15) is 7.85 Å². The van der Waals surface area contributed by atoms with Gasteiger partial charge in [-0.1, -0.05) is 12.7 Å². The fourth-order valence-electron chi connectivity index (χ4n) is 0.552. The predicted molar refractivity (Wildman–Crippen MR) is 36.5 cm³/mol. The molecule has 0 aliphatic rings. The minimum Gasteiger partial charge on any atom is -0.320 e. The Labute approximate surface area is 46.9 Å². The molecule has 0 aromatic heterocycles. The van der Waals surface area contributed by atoms with Gasteiger partial charge in [-0.2, -0.15) is 0 Å². The fraction of sp³-hybridized carbons (Fsp3) is 1.00. The molecule has 0 spiro atoms. The zero-order valence-corrected chi connectivity index (χ0v) is 5.33. The zero-order valence-electron chi connectivity index (χ0n) is 5.33. The molecule has 1 N–H and O–H groups in total. The van der Waals surface area contributed by atoms with Crippen LogP contribution in [0.3, 0.4) is 0 Å². The van der Waals surface area contributed by atoms with Crippen molar-refractivity contribution in [2.75, 3.05) is 13.6 Å². The highest BCUT2D eigenvalue weighted by molar-refractivity contribution is 6.08. The first-order chi connectivity index (χ1) is 3.41. The topological polar surface area (TPSA) is 12.0 Å².